The Hall–Kier alpha value is -1.57. The summed E-state index contributed by atoms with van der Waals surface area (Å²) in [6, 6.07) is 0.593. The maximum absolute atomic E-state index is 13.7. The van der Waals surface area contributed by atoms with Crippen LogP contribution in [-0.4, -0.2) is 42.8 Å². The van der Waals surface area contributed by atoms with Crippen molar-refractivity contribution in [1.82, 2.24) is 4.98 Å². The lowest BCUT2D eigenvalue weighted by Crippen LogP contribution is -2.33. The first-order valence-electron chi connectivity index (χ1n) is 6.23. The zero-order valence-electron chi connectivity index (χ0n) is 11.0. The molecule has 0 amide bonds. The van der Waals surface area contributed by atoms with Crippen molar-refractivity contribution in [1.29, 1.82) is 0 Å². The van der Waals surface area contributed by atoms with Crippen molar-refractivity contribution >= 4 is 11.6 Å². The first-order valence-corrected chi connectivity index (χ1v) is 6.23. The molecule has 0 aliphatic rings. The quantitative estimate of drug-likeness (QED) is 0.722. The summed E-state index contributed by atoms with van der Waals surface area (Å²) in [5.74, 6) is -2.53. The van der Waals surface area contributed by atoms with Gasteiger partial charge in [-0.1, -0.05) is 6.92 Å². The molecule has 1 aromatic rings. The molecule has 1 heterocycles. The number of alkyl halides is 2. The van der Waals surface area contributed by atoms with Crippen molar-refractivity contribution in [2.24, 2.45) is 0 Å². The van der Waals surface area contributed by atoms with Gasteiger partial charge in [0.05, 0.1) is 13.2 Å². The van der Waals surface area contributed by atoms with Gasteiger partial charge in [-0.15, -0.1) is 0 Å². The Morgan fingerprint density at radius 1 is 1.35 bits per heavy atom. The van der Waals surface area contributed by atoms with Gasteiger partial charge in [0.1, 0.15) is 0 Å². The summed E-state index contributed by atoms with van der Waals surface area (Å²) in [6.07, 6.45) is -2.02. The number of hydrogen-bond donors (Lipinski definition) is 2. The highest BCUT2D eigenvalue weighted by atomic mass is 19.3. The molecular weight excluding hydrogens is 278 g/mol. The predicted molar refractivity (Wildman–Crippen MR) is 68.2 cm³/mol. The monoisotopic (exact) mass is 295 g/mol. The number of aliphatic hydroxyl groups is 1. The van der Waals surface area contributed by atoms with E-state index in [9.17, 15) is 17.6 Å². The Labute approximate surface area is 114 Å². The summed E-state index contributed by atoms with van der Waals surface area (Å²) in [6.45, 7) is 0.827. The number of aromatic nitrogens is 1. The second-order valence-electron chi connectivity index (χ2n) is 4.11. The van der Waals surface area contributed by atoms with Crippen LogP contribution in [0.1, 0.15) is 13.3 Å². The highest BCUT2D eigenvalue weighted by Crippen LogP contribution is 2.23. The zero-order valence-corrected chi connectivity index (χ0v) is 11.0. The number of hydrogen-bond acceptors (Lipinski definition) is 4. The first kappa shape index (κ1) is 16.5. The van der Waals surface area contributed by atoms with Gasteiger partial charge in [-0.05, 0) is 6.42 Å². The number of anilines is 2. The second kappa shape index (κ2) is 7.88. The maximum atomic E-state index is 13.7. The summed E-state index contributed by atoms with van der Waals surface area (Å²) >= 11 is 0. The van der Waals surface area contributed by atoms with E-state index in [-0.39, 0.29) is 12.4 Å². The van der Waals surface area contributed by atoms with Gasteiger partial charge in [0.2, 0.25) is 0 Å². The van der Waals surface area contributed by atoms with Gasteiger partial charge in [0.25, 0.3) is 6.43 Å². The van der Waals surface area contributed by atoms with Gasteiger partial charge >= 0.3 is 0 Å². The zero-order chi connectivity index (χ0) is 15.1. The minimum absolute atomic E-state index is 0.194. The number of aliphatic hydroxyl groups excluding tert-OH is 1. The fourth-order valence-electron chi connectivity index (χ4n) is 1.62. The van der Waals surface area contributed by atoms with Gasteiger partial charge in [-0.3, -0.25) is 0 Å². The van der Waals surface area contributed by atoms with Crippen LogP contribution in [-0.2, 0) is 0 Å². The molecule has 0 fully saturated rings. The molecule has 2 N–H and O–H groups in total. The molecule has 0 saturated carbocycles. The third-order valence-corrected chi connectivity index (χ3v) is 2.48. The molecule has 0 radical (unpaired) electrons. The van der Waals surface area contributed by atoms with Crippen molar-refractivity contribution in [3.63, 3.8) is 0 Å². The van der Waals surface area contributed by atoms with Crippen molar-refractivity contribution in [3.05, 3.63) is 17.7 Å². The highest BCUT2D eigenvalue weighted by Gasteiger charge is 2.20. The molecular formula is C12H17F4N3O. The SMILES string of the molecule is CCCNc1nc(N(CCO)CC(F)F)c(F)cc1F. The van der Waals surface area contributed by atoms with Crippen molar-refractivity contribution in [3.8, 4) is 0 Å². The molecule has 0 atom stereocenters. The van der Waals surface area contributed by atoms with Gasteiger partial charge in [0.15, 0.2) is 23.3 Å². The fourth-order valence-corrected chi connectivity index (χ4v) is 1.62. The van der Waals surface area contributed by atoms with Crippen LogP contribution in [0.2, 0.25) is 0 Å². The molecule has 0 aliphatic carbocycles. The lowest BCUT2D eigenvalue weighted by Gasteiger charge is -2.23. The van der Waals surface area contributed by atoms with E-state index in [2.05, 4.69) is 10.3 Å². The molecule has 1 aromatic heterocycles. The summed E-state index contributed by atoms with van der Waals surface area (Å²) in [5.41, 5.74) is 0. The first-order chi connectivity index (χ1) is 9.49. The molecule has 1 rings (SSSR count). The number of halogens is 4. The third kappa shape index (κ3) is 4.52. The normalized spacial score (nSPS) is 10.9. The van der Waals surface area contributed by atoms with E-state index in [0.717, 1.165) is 4.90 Å². The molecule has 8 heteroatoms. The molecule has 0 aromatic carbocycles. The van der Waals surface area contributed by atoms with Crippen LogP contribution in [0.25, 0.3) is 0 Å². The molecule has 20 heavy (non-hydrogen) atoms. The number of rotatable bonds is 8. The van der Waals surface area contributed by atoms with E-state index in [1.807, 2.05) is 6.92 Å². The number of pyridine rings is 1. The van der Waals surface area contributed by atoms with Gasteiger partial charge < -0.3 is 15.3 Å². The summed E-state index contributed by atoms with van der Waals surface area (Å²) in [4.78, 5) is 4.59. The molecule has 114 valence electrons. The van der Waals surface area contributed by atoms with Crippen LogP contribution in [0, 0.1) is 11.6 Å². The minimum Gasteiger partial charge on any atom is -0.395 e. The molecule has 4 nitrogen and oxygen atoms in total. The number of nitrogens with one attached hydrogen (secondary N) is 1. The fraction of sp³-hybridized carbons (Fsp3) is 0.583. The van der Waals surface area contributed by atoms with E-state index in [4.69, 9.17) is 5.11 Å². The largest absolute Gasteiger partial charge is 0.395 e. The summed E-state index contributed by atoms with van der Waals surface area (Å²) < 4.78 is 52.1. The van der Waals surface area contributed by atoms with Crippen molar-refractivity contribution < 1.29 is 22.7 Å². The lowest BCUT2D eigenvalue weighted by atomic mass is 10.3. The van der Waals surface area contributed by atoms with Crippen molar-refractivity contribution in [2.45, 2.75) is 19.8 Å². The Kier molecular flexibility index (Phi) is 6.50. The Balaban J connectivity index is 3.05. The van der Waals surface area contributed by atoms with Crippen LogP contribution < -0.4 is 10.2 Å². The van der Waals surface area contributed by atoms with Crippen LogP contribution in [0.15, 0.2) is 6.07 Å². The van der Waals surface area contributed by atoms with E-state index >= 15 is 0 Å². The minimum atomic E-state index is -2.72. The molecule has 0 aliphatic heterocycles. The third-order valence-electron chi connectivity index (χ3n) is 2.48. The average Bonchev–Trinajstić information content (AvgIpc) is 2.37. The number of nitrogens with zero attached hydrogens (tertiary/aromatic N) is 2. The molecule has 0 spiro atoms. The van der Waals surface area contributed by atoms with Crippen LogP contribution in [0.4, 0.5) is 29.2 Å². The molecule has 0 bridgehead atoms. The standard InChI is InChI=1S/C12H17F4N3O/c1-2-3-17-11-8(13)6-9(14)12(18-11)19(4-5-20)7-10(15)16/h6,10,20H,2-5,7H2,1H3,(H,17,18). The topological polar surface area (TPSA) is 48.4 Å². The summed E-state index contributed by atoms with van der Waals surface area (Å²) in [5, 5.41) is 11.5. The smallest absolute Gasteiger partial charge is 0.255 e. The van der Waals surface area contributed by atoms with Gasteiger partial charge in [-0.2, -0.15) is 0 Å². The Bertz CT molecular complexity index is 431. The van der Waals surface area contributed by atoms with E-state index in [1.165, 1.54) is 0 Å². The van der Waals surface area contributed by atoms with E-state index in [0.29, 0.717) is 19.0 Å². The van der Waals surface area contributed by atoms with Crippen LogP contribution >= 0.6 is 0 Å². The Morgan fingerprint density at radius 3 is 2.60 bits per heavy atom. The average molecular weight is 295 g/mol. The highest BCUT2D eigenvalue weighted by molar-refractivity contribution is 5.49. The van der Waals surface area contributed by atoms with E-state index in [1.54, 1.807) is 0 Å². The second-order valence-corrected chi connectivity index (χ2v) is 4.11. The van der Waals surface area contributed by atoms with E-state index < -0.39 is 37.0 Å². The van der Waals surface area contributed by atoms with Gasteiger partial charge in [-0.25, -0.2) is 22.5 Å². The van der Waals surface area contributed by atoms with Crippen molar-refractivity contribution in [2.75, 3.05) is 36.5 Å². The Morgan fingerprint density at radius 2 is 2.05 bits per heavy atom. The van der Waals surface area contributed by atoms with Crippen LogP contribution in [0.3, 0.4) is 0 Å². The predicted octanol–water partition coefficient (Wildman–Crippen LogP) is 2.25. The maximum Gasteiger partial charge on any atom is 0.255 e. The summed E-state index contributed by atoms with van der Waals surface area (Å²) in [7, 11) is 0. The lowest BCUT2D eigenvalue weighted by molar-refractivity contribution is 0.152. The molecule has 0 saturated heterocycles. The van der Waals surface area contributed by atoms with Crippen LogP contribution in [0.5, 0.6) is 0 Å². The van der Waals surface area contributed by atoms with Gasteiger partial charge in [0, 0.05) is 19.2 Å². The molecule has 0 unspecified atom stereocenters.